The first-order chi connectivity index (χ1) is 10.3. The van der Waals surface area contributed by atoms with Gasteiger partial charge in [0, 0.05) is 31.2 Å². The molecule has 3 aromatic heterocycles. The number of rotatable bonds is 6. The van der Waals surface area contributed by atoms with Gasteiger partial charge in [-0.3, -0.25) is 14.8 Å². The van der Waals surface area contributed by atoms with Crippen LogP contribution in [-0.2, 0) is 6.54 Å². The van der Waals surface area contributed by atoms with Crippen molar-refractivity contribution in [3.63, 3.8) is 0 Å². The topological polar surface area (TPSA) is 71.4 Å². The molecule has 0 aromatic carbocycles. The lowest BCUT2D eigenvalue weighted by Crippen LogP contribution is -2.18. The molecule has 3 heterocycles. The Morgan fingerprint density at radius 2 is 2.24 bits per heavy atom. The van der Waals surface area contributed by atoms with Crippen molar-refractivity contribution in [3.05, 3.63) is 49.1 Å². The normalized spacial score (nSPS) is 12.2. The lowest BCUT2D eigenvalue weighted by Gasteiger charge is -2.15. The molecule has 21 heavy (non-hydrogen) atoms. The molecule has 6 nitrogen and oxygen atoms in total. The zero-order chi connectivity index (χ0) is 14.5. The summed E-state index contributed by atoms with van der Waals surface area (Å²) in [5.41, 5.74) is 2.78. The lowest BCUT2D eigenvalue weighted by atomic mass is 10.2. The average Bonchev–Trinajstić information content (AvgIpc) is 3.17. The summed E-state index contributed by atoms with van der Waals surface area (Å²) in [6, 6.07) is 8.09. The summed E-state index contributed by atoms with van der Waals surface area (Å²) in [6.45, 7) is 3.04. The number of anilines is 1. The predicted octanol–water partition coefficient (Wildman–Crippen LogP) is 2.56. The third kappa shape index (κ3) is 3.28. The number of aromatic amines is 1. The molecule has 0 spiro atoms. The van der Waals surface area contributed by atoms with Crippen LogP contribution in [0.1, 0.15) is 13.3 Å². The standard InChI is InChI=1S/C15H18N6/c1-12(6-10-21-9-4-8-18-21)19-14-11-17-20-15(14)13-5-2-3-7-16-13/h2-5,7-9,11-12,19H,6,10H2,1H3,(H,17,20)/t12-/m1/s1. The molecule has 3 rings (SSSR count). The van der Waals surface area contributed by atoms with Crippen molar-refractivity contribution in [2.75, 3.05) is 5.32 Å². The molecule has 6 heteroatoms. The summed E-state index contributed by atoms with van der Waals surface area (Å²) >= 11 is 0. The number of aromatic nitrogens is 5. The summed E-state index contributed by atoms with van der Waals surface area (Å²) in [5.74, 6) is 0. The van der Waals surface area contributed by atoms with E-state index in [1.54, 1.807) is 18.6 Å². The minimum absolute atomic E-state index is 0.314. The summed E-state index contributed by atoms with van der Waals surface area (Å²) in [7, 11) is 0. The van der Waals surface area contributed by atoms with E-state index in [0.717, 1.165) is 30.0 Å². The van der Waals surface area contributed by atoms with E-state index < -0.39 is 0 Å². The molecule has 2 N–H and O–H groups in total. The molecule has 1 atom stereocenters. The first-order valence-corrected chi connectivity index (χ1v) is 7.01. The van der Waals surface area contributed by atoms with Crippen LogP contribution in [0.5, 0.6) is 0 Å². The Morgan fingerprint density at radius 3 is 3.00 bits per heavy atom. The minimum Gasteiger partial charge on any atom is -0.379 e. The number of aryl methyl sites for hydroxylation is 1. The number of hydrogen-bond acceptors (Lipinski definition) is 4. The zero-order valence-electron chi connectivity index (χ0n) is 11.9. The molecule has 0 aliphatic heterocycles. The van der Waals surface area contributed by atoms with Crippen LogP contribution in [0.2, 0.25) is 0 Å². The van der Waals surface area contributed by atoms with Crippen molar-refractivity contribution in [2.45, 2.75) is 25.9 Å². The van der Waals surface area contributed by atoms with E-state index in [0.29, 0.717) is 6.04 Å². The van der Waals surface area contributed by atoms with Crippen molar-refractivity contribution in [1.29, 1.82) is 0 Å². The largest absolute Gasteiger partial charge is 0.379 e. The summed E-state index contributed by atoms with van der Waals surface area (Å²) < 4.78 is 1.94. The smallest absolute Gasteiger partial charge is 0.107 e. The lowest BCUT2D eigenvalue weighted by molar-refractivity contribution is 0.546. The number of pyridine rings is 1. The van der Waals surface area contributed by atoms with E-state index in [4.69, 9.17) is 0 Å². The number of nitrogens with zero attached hydrogens (tertiary/aromatic N) is 4. The van der Waals surface area contributed by atoms with Gasteiger partial charge in [0.2, 0.25) is 0 Å². The Kier molecular flexibility index (Phi) is 3.95. The Hall–Kier alpha value is -2.63. The molecule has 0 saturated carbocycles. The quantitative estimate of drug-likeness (QED) is 0.729. The Morgan fingerprint density at radius 1 is 1.29 bits per heavy atom. The second kappa shape index (κ2) is 6.21. The molecule has 0 unspecified atom stereocenters. The molecule has 0 saturated heterocycles. The maximum atomic E-state index is 4.35. The third-order valence-electron chi connectivity index (χ3n) is 3.31. The fourth-order valence-electron chi connectivity index (χ4n) is 2.20. The van der Waals surface area contributed by atoms with Gasteiger partial charge >= 0.3 is 0 Å². The van der Waals surface area contributed by atoms with Crippen molar-refractivity contribution in [2.24, 2.45) is 0 Å². The van der Waals surface area contributed by atoms with E-state index in [-0.39, 0.29) is 0 Å². The van der Waals surface area contributed by atoms with Crippen LogP contribution in [0.15, 0.2) is 49.1 Å². The van der Waals surface area contributed by atoms with Gasteiger partial charge in [-0.05, 0) is 31.5 Å². The summed E-state index contributed by atoms with van der Waals surface area (Å²) in [6.07, 6.45) is 8.33. The van der Waals surface area contributed by atoms with Crippen molar-refractivity contribution < 1.29 is 0 Å². The molecular formula is C15H18N6. The van der Waals surface area contributed by atoms with Gasteiger partial charge in [-0.2, -0.15) is 10.2 Å². The van der Waals surface area contributed by atoms with E-state index in [2.05, 4.69) is 32.5 Å². The van der Waals surface area contributed by atoms with Crippen LogP contribution in [0.25, 0.3) is 11.4 Å². The van der Waals surface area contributed by atoms with Gasteiger partial charge < -0.3 is 5.32 Å². The van der Waals surface area contributed by atoms with Crippen molar-refractivity contribution in [1.82, 2.24) is 25.0 Å². The molecule has 0 fully saturated rings. The molecule has 0 bridgehead atoms. The summed E-state index contributed by atoms with van der Waals surface area (Å²) in [4.78, 5) is 4.35. The maximum Gasteiger partial charge on any atom is 0.107 e. The van der Waals surface area contributed by atoms with Gasteiger partial charge in [0.15, 0.2) is 0 Å². The highest BCUT2D eigenvalue weighted by Crippen LogP contribution is 2.24. The minimum atomic E-state index is 0.314. The second-order valence-corrected chi connectivity index (χ2v) is 4.98. The Bertz CT molecular complexity index is 659. The van der Waals surface area contributed by atoms with E-state index >= 15 is 0 Å². The summed E-state index contributed by atoms with van der Waals surface area (Å²) in [5, 5.41) is 14.8. The SMILES string of the molecule is C[C@H](CCn1cccn1)Nc1cn[nH]c1-c1ccccn1. The average molecular weight is 282 g/mol. The highest BCUT2D eigenvalue weighted by Gasteiger charge is 2.11. The second-order valence-electron chi connectivity index (χ2n) is 4.98. The first kappa shape index (κ1) is 13.4. The van der Waals surface area contributed by atoms with Crippen LogP contribution in [0.3, 0.4) is 0 Å². The van der Waals surface area contributed by atoms with Gasteiger partial charge in [-0.15, -0.1) is 0 Å². The first-order valence-electron chi connectivity index (χ1n) is 7.01. The van der Waals surface area contributed by atoms with Crippen LogP contribution in [-0.4, -0.2) is 31.0 Å². The molecule has 0 aliphatic rings. The molecular weight excluding hydrogens is 264 g/mol. The fraction of sp³-hybridized carbons (Fsp3) is 0.267. The van der Waals surface area contributed by atoms with Crippen LogP contribution in [0, 0.1) is 0 Å². The number of hydrogen-bond donors (Lipinski definition) is 2. The van der Waals surface area contributed by atoms with E-state index in [1.165, 1.54) is 0 Å². The highest BCUT2D eigenvalue weighted by molar-refractivity contribution is 5.70. The monoisotopic (exact) mass is 282 g/mol. The highest BCUT2D eigenvalue weighted by atomic mass is 15.3. The van der Waals surface area contributed by atoms with Gasteiger partial charge in [-0.25, -0.2) is 0 Å². The number of nitrogens with one attached hydrogen (secondary N) is 2. The van der Waals surface area contributed by atoms with Crippen LogP contribution >= 0.6 is 0 Å². The fourth-order valence-corrected chi connectivity index (χ4v) is 2.20. The zero-order valence-corrected chi connectivity index (χ0v) is 11.9. The van der Waals surface area contributed by atoms with Crippen LogP contribution < -0.4 is 5.32 Å². The van der Waals surface area contributed by atoms with Gasteiger partial charge in [-0.1, -0.05) is 6.07 Å². The van der Waals surface area contributed by atoms with Gasteiger partial charge in [0.05, 0.1) is 17.6 Å². The van der Waals surface area contributed by atoms with Crippen molar-refractivity contribution in [3.8, 4) is 11.4 Å². The maximum absolute atomic E-state index is 4.35. The molecule has 0 radical (unpaired) electrons. The van der Waals surface area contributed by atoms with Gasteiger partial charge in [0.25, 0.3) is 0 Å². The molecule has 0 aliphatic carbocycles. The molecule has 3 aromatic rings. The number of H-pyrrole nitrogens is 1. The predicted molar refractivity (Wildman–Crippen MR) is 81.7 cm³/mol. The van der Waals surface area contributed by atoms with Crippen LogP contribution in [0.4, 0.5) is 5.69 Å². The van der Waals surface area contributed by atoms with Gasteiger partial charge in [0.1, 0.15) is 5.69 Å². The molecule has 0 amide bonds. The van der Waals surface area contributed by atoms with E-state index in [1.807, 2.05) is 35.1 Å². The van der Waals surface area contributed by atoms with E-state index in [9.17, 15) is 0 Å². The molecule has 108 valence electrons. The van der Waals surface area contributed by atoms with Crippen molar-refractivity contribution >= 4 is 5.69 Å². The Labute approximate surface area is 123 Å². The Balaban J connectivity index is 1.64. The third-order valence-corrected chi connectivity index (χ3v) is 3.31.